The van der Waals surface area contributed by atoms with Crippen molar-refractivity contribution in [3.8, 4) is 0 Å². The van der Waals surface area contributed by atoms with Crippen molar-refractivity contribution in [3.63, 3.8) is 0 Å². The molecule has 0 radical (unpaired) electrons. The minimum absolute atomic E-state index is 0.759. The Balaban J connectivity index is 3.00. The quantitative estimate of drug-likeness (QED) is 0.709. The first-order valence-corrected chi connectivity index (χ1v) is 7.89. The molecule has 7 heteroatoms. The molecule has 1 aromatic rings. The molecular weight excluding hydrogens is 210 g/mol. The van der Waals surface area contributed by atoms with Crippen LogP contribution >= 0.6 is 14.7 Å². The van der Waals surface area contributed by atoms with Crippen molar-refractivity contribution < 1.29 is 0 Å². The molecule has 0 aliphatic carbocycles. The van der Waals surface area contributed by atoms with Crippen molar-refractivity contribution in [2.75, 3.05) is 32.3 Å². The molecule has 0 unspecified atom stereocenters. The van der Waals surface area contributed by atoms with Gasteiger partial charge in [-0.15, -0.1) is 5.10 Å². The minimum atomic E-state index is -1.44. The summed E-state index contributed by atoms with van der Waals surface area (Å²) in [4.78, 5) is 1.89. The van der Waals surface area contributed by atoms with Gasteiger partial charge in [-0.1, -0.05) is 11.8 Å². The third-order valence-electron chi connectivity index (χ3n) is 1.22. The third-order valence-corrected chi connectivity index (χ3v) is 5.10. The van der Waals surface area contributed by atoms with Gasteiger partial charge in [-0.25, -0.2) is 0 Å². The molecule has 0 aromatic carbocycles. The minimum Gasteiger partial charge on any atom is -0.345 e. The number of rotatable bonds is 2. The third kappa shape index (κ3) is 2.25. The summed E-state index contributed by atoms with van der Waals surface area (Å²) >= 11 is 5.33. The van der Waals surface area contributed by atoms with Crippen LogP contribution in [0.2, 0.25) is 0 Å². The Kier molecular flexibility index (Phi) is 2.87. The van der Waals surface area contributed by atoms with Crippen LogP contribution < -0.4 is 4.90 Å². The Labute approximate surface area is 79.3 Å². The average molecular weight is 222 g/mol. The lowest BCUT2D eigenvalue weighted by molar-refractivity contribution is 0.970. The van der Waals surface area contributed by atoms with E-state index >= 15 is 0 Å². The second-order valence-corrected chi connectivity index (χ2v) is 9.77. The molecule has 0 atom stereocenters. The molecule has 68 valence electrons. The number of hydrogen-bond acceptors (Lipinski definition) is 4. The summed E-state index contributed by atoms with van der Waals surface area (Å²) in [5.74, 6) is 0.759. The van der Waals surface area contributed by atoms with Crippen LogP contribution in [0.5, 0.6) is 0 Å². The monoisotopic (exact) mass is 222 g/mol. The van der Waals surface area contributed by atoms with Gasteiger partial charge < -0.3 is 4.90 Å². The maximum Gasteiger partial charge on any atom is 0.248 e. The Bertz CT molecular complexity index is 315. The van der Waals surface area contributed by atoms with Gasteiger partial charge in [0.2, 0.25) is 5.95 Å². The van der Waals surface area contributed by atoms with Crippen LogP contribution in [0.25, 0.3) is 0 Å². The standard InChI is InChI=1S/C5H12N4P2S/c1-8(2)5-6-9(10-7-5)11(3,4)12/h1-4H3. The highest BCUT2D eigenvalue weighted by Crippen LogP contribution is 2.40. The van der Waals surface area contributed by atoms with E-state index in [0.717, 1.165) is 14.5 Å². The summed E-state index contributed by atoms with van der Waals surface area (Å²) in [6, 6.07) is 0. The van der Waals surface area contributed by atoms with Crippen molar-refractivity contribution in [2.45, 2.75) is 0 Å². The van der Waals surface area contributed by atoms with E-state index in [1.54, 1.807) is 0 Å². The normalized spacial score (nSPS) is 12.3. The van der Waals surface area contributed by atoms with Crippen LogP contribution in [-0.4, -0.2) is 41.5 Å². The molecule has 0 saturated heterocycles. The highest BCUT2D eigenvalue weighted by Gasteiger charge is 2.10. The summed E-state index contributed by atoms with van der Waals surface area (Å²) in [6.07, 6.45) is -1.44. The maximum atomic E-state index is 5.33. The van der Waals surface area contributed by atoms with E-state index < -0.39 is 6.19 Å². The number of anilines is 1. The van der Waals surface area contributed by atoms with Gasteiger partial charge in [-0.3, -0.25) is 0 Å². The Morgan fingerprint density at radius 1 is 1.50 bits per heavy atom. The van der Waals surface area contributed by atoms with E-state index in [4.69, 9.17) is 11.8 Å². The highest BCUT2D eigenvalue weighted by atomic mass is 32.4. The zero-order chi connectivity index (χ0) is 9.35. The van der Waals surface area contributed by atoms with Gasteiger partial charge in [-0.05, 0) is 13.3 Å². The van der Waals surface area contributed by atoms with Gasteiger partial charge in [0.1, 0.15) is 0 Å². The lowest BCUT2D eigenvalue weighted by atomic mass is 10.9. The lowest BCUT2D eigenvalue weighted by Crippen LogP contribution is -2.10. The van der Waals surface area contributed by atoms with Crippen LogP contribution in [0.15, 0.2) is 0 Å². The fourth-order valence-corrected chi connectivity index (χ4v) is 2.67. The number of hydrogen-bond donors (Lipinski definition) is 0. The molecule has 0 fully saturated rings. The summed E-state index contributed by atoms with van der Waals surface area (Å²) in [5.41, 5.74) is 0. The second-order valence-electron chi connectivity index (χ2n) is 3.05. The van der Waals surface area contributed by atoms with E-state index in [1.807, 2.05) is 36.5 Å². The molecule has 1 rings (SSSR count). The lowest BCUT2D eigenvalue weighted by Gasteiger charge is -2.08. The molecule has 4 nitrogen and oxygen atoms in total. The van der Waals surface area contributed by atoms with Crippen molar-refractivity contribution in [3.05, 3.63) is 0 Å². The van der Waals surface area contributed by atoms with E-state index in [9.17, 15) is 0 Å². The largest absolute Gasteiger partial charge is 0.345 e. The molecule has 0 bridgehead atoms. The molecule has 0 aliphatic rings. The van der Waals surface area contributed by atoms with E-state index in [2.05, 4.69) is 9.85 Å². The smallest absolute Gasteiger partial charge is 0.248 e. The highest BCUT2D eigenvalue weighted by molar-refractivity contribution is 8.14. The average Bonchev–Trinajstić information content (AvgIpc) is 2.30. The van der Waals surface area contributed by atoms with Crippen molar-refractivity contribution in [1.29, 1.82) is 0 Å². The van der Waals surface area contributed by atoms with Gasteiger partial charge in [-0.2, -0.15) is 8.96 Å². The first kappa shape index (κ1) is 10.1. The van der Waals surface area contributed by atoms with Crippen LogP contribution in [-0.2, 0) is 11.8 Å². The van der Waals surface area contributed by atoms with Crippen LogP contribution in [0.1, 0.15) is 0 Å². The fourth-order valence-electron chi connectivity index (χ4n) is 0.583. The predicted octanol–water partition coefficient (Wildman–Crippen LogP) is 1.43. The molecule has 0 aliphatic heterocycles. The number of nitrogens with zero attached hydrogens (tertiary/aromatic N) is 4. The molecule has 0 N–H and O–H groups in total. The molecule has 1 heterocycles. The zero-order valence-corrected chi connectivity index (χ0v) is 10.2. The van der Waals surface area contributed by atoms with Gasteiger partial charge in [0, 0.05) is 14.1 Å². The topological polar surface area (TPSA) is 34.0 Å². The summed E-state index contributed by atoms with van der Waals surface area (Å²) in [6.45, 7) is 4.10. The van der Waals surface area contributed by atoms with Crippen LogP contribution in [0.3, 0.4) is 0 Å². The van der Waals surface area contributed by atoms with Crippen molar-refractivity contribution in [2.24, 2.45) is 0 Å². The fraction of sp³-hybridized carbons (Fsp3) is 0.800. The molecule has 0 spiro atoms. The summed E-state index contributed by atoms with van der Waals surface area (Å²) in [7, 11) is 4.72. The number of aromatic nitrogens is 3. The SMILES string of the molecule is CN(C)c1npn(P(C)(C)=S)n1. The Hall–Kier alpha value is 0.0200. The van der Waals surface area contributed by atoms with Crippen molar-refractivity contribution >= 4 is 32.5 Å². The molecule has 1 aromatic heterocycles. The summed E-state index contributed by atoms with van der Waals surface area (Å²) in [5, 5.41) is 4.30. The predicted molar refractivity (Wildman–Crippen MR) is 58.4 cm³/mol. The maximum absolute atomic E-state index is 5.33. The van der Waals surface area contributed by atoms with Gasteiger partial charge in [0.05, 0.1) is 6.19 Å². The van der Waals surface area contributed by atoms with Crippen LogP contribution in [0.4, 0.5) is 5.95 Å². The van der Waals surface area contributed by atoms with E-state index in [0.29, 0.717) is 0 Å². The van der Waals surface area contributed by atoms with E-state index in [-0.39, 0.29) is 0 Å². The van der Waals surface area contributed by atoms with Gasteiger partial charge in [0.15, 0.2) is 8.51 Å². The molecular formula is C5H12N4P2S. The van der Waals surface area contributed by atoms with Gasteiger partial charge in [0.25, 0.3) is 0 Å². The molecule has 0 amide bonds. The summed E-state index contributed by atoms with van der Waals surface area (Å²) < 4.78 is 6.10. The second kappa shape index (κ2) is 3.41. The Morgan fingerprint density at radius 3 is 2.33 bits per heavy atom. The zero-order valence-electron chi connectivity index (χ0n) is 7.59. The van der Waals surface area contributed by atoms with Crippen molar-refractivity contribution in [1.82, 2.24) is 14.1 Å². The molecule has 0 saturated carbocycles. The first-order chi connectivity index (χ1) is 5.41. The first-order valence-electron chi connectivity index (χ1n) is 3.44. The Morgan fingerprint density at radius 2 is 2.08 bits per heavy atom. The van der Waals surface area contributed by atoms with Crippen LogP contribution in [0, 0.1) is 0 Å². The van der Waals surface area contributed by atoms with E-state index in [1.165, 1.54) is 0 Å². The molecule has 12 heavy (non-hydrogen) atoms. The van der Waals surface area contributed by atoms with Gasteiger partial charge >= 0.3 is 0 Å².